The molecule has 0 fully saturated rings. The minimum absolute atomic E-state index is 0.561. The predicted molar refractivity (Wildman–Crippen MR) is 129 cm³/mol. The lowest BCUT2D eigenvalue weighted by molar-refractivity contribution is 0.807. The molecule has 0 radical (unpaired) electrons. The number of aromatic nitrogens is 1. The highest BCUT2D eigenvalue weighted by molar-refractivity contribution is 7.80. The molecule has 3 aromatic rings. The number of thiocarbonyl (C=S) groups is 1. The van der Waals surface area contributed by atoms with Crippen LogP contribution in [0.5, 0.6) is 0 Å². The van der Waals surface area contributed by atoms with Gasteiger partial charge >= 0.3 is 0 Å². The number of rotatable bonds is 6. The molecule has 5 nitrogen and oxygen atoms in total. The fraction of sp³-hybridized carbons (Fsp3) is 0.292. The summed E-state index contributed by atoms with van der Waals surface area (Å²) in [4.78, 5) is 4.72. The molecular formula is C24H27N5S. The number of nitrogens with zero attached hydrogens (tertiary/aromatic N) is 2. The number of nitrogens with one attached hydrogen (secondary N) is 3. The average molecular weight is 418 g/mol. The van der Waals surface area contributed by atoms with Gasteiger partial charge in [-0.15, -0.1) is 0 Å². The highest BCUT2D eigenvalue weighted by Gasteiger charge is 2.09. The van der Waals surface area contributed by atoms with Gasteiger partial charge in [0.2, 0.25) is 0 Å². The van der Waals surface area contributed by atoms with Gasteiger partial charge in [0.1, 0.15) is 11.9 Å². The molecule has 0 unspecified atom stereocenters. The molecule has 1 heterocycles. The molecule has 30 heavy (non-hydrogen) atoms. The third kappa shape index (κ3) is 5.25. The van der Waals surface area contributed by atoms with Crippen molar-refractivity contribution in [3.8, 4) is 6.07 Å². The zero-order chi connectivity index (χ0) is 21.7. The first kappa shape index (κ1) is 21.5. The molecule has 1 aromatic heterocycles. The maximum atomic E-state index is 9.49. The first-order valence-electron chi connectivity index (χ1n) is 10.1. The number of anilines is 2. The second-order valence-electron chi connectivity index (χ2n) is 7.61. The lowest BCUT2D eigenvalue weighted by atomic mass is 10.0. The maximum absolute atomic E-state index is 9.49. The molecule has 0 saturated heterocycles. The van der Waals surface area contributed by atoms with Crippen LogP contribution in [0.4, 0.5) is 11.5 Å². The molecule has 2 aromatic carbocycles. The third-order valence-electron chi connectivity index (χ3n) is 5.04. The summed E-state index contributed by atoms with van der Waals surface area (Å²) >= 11 is 5.39. The summed E-state index contributed by atoms with van der Waals surface area (Å²) in [6, 6.07) is 14.5. The largest absolute Gasteiger partial charge is 0.369 e. The Hall–Kier alpha value is -3.17. The summed E-state index contributed by atoms with van der Waals surface area (Å²) in [5, 5.41) is 20.8. The molecule has 0 atom stereocenters. The maximum Gasteiger partial charge on any atom is 0.170 e. The molecule has 0 amide bonds. The van der Waals surface area contributed by atoms with E-state index in [0.717, 1.165) is 35.1 Å². The van der Waals surface area contributed by atoms with Crippen molar-refractivity contribution in [1.82, 2.24) is 10.3 Å². The second kappa shape index (κ2) is 9.55. The van der Waals surface area contributed by atoms with Gasteiger partial charge in [-0.25, -0.2) is 4.98 Å². The minimum Gasteiger partial charge on any atom is -0.369 e. The molecule has 154 valence electrons. The van der Waals surface area contributed by atoms with E-state index < -0.39 is 0 Å². The molecule has 0 bridgehead atoms. The van der Waals surface area contributed by atoms with Gasteiger partial charge in [-0.1, -0.05) is 18.2 Å². The van der Waals surface area contributed by atoms with Gasteiger partial charge in [0.25, 0.3) is 0 Å². The molecule has 0 aliphatic heterocycles. The summed E-state index contributed by atoms with van der Waals surface area (Å²) in [6.07, 6.45) is 0.839. The Kier molecular flexibility index (Phi) is 6.86. The minimum atomic E-state index is 0.561. The lowest BCUT2D eigenvalue weighted by Gasteiger charge is -2.13. The highest BCUT2D eigenvalue weighted by Crippen LogP contribution is 2.24. The molecule has 3 N–H and O–H groups in total. The van der Waals surface area contributed by atoms with Crippen LogP contribution in [-0.2, 0) is 0 Å². The van der Waals surface area contributed by atoms with Crippen LogP contribution in [0, 0.1) is 39.0 Å². The van der Waals surface area contributed by atoms with Gasteiger partial charge in [0.05, 0.1) is 11.1 Å². The SMILES string of the molecule is Cc1cc(C)cc(NC(=S)NCCCNc2nc3c(C)c(C)ccc3cc2C#N)c1. The molecular weight excluding hydrogens is 390 g/mol. The molecule has 3 rings (SSSR count). The van der Waals surface area contributed by atoms with Gasteiger partial charge in [0.15, 0.2) is 5.11 Å². The van der Waals surface area contributed by atoms with Gasteiger partial charge in [0, 0.05) is 24.2 Å². The molecule has 0 spiro atoms. The fourth-order valence-corrected chi connectivity index (χ4v) is 3.64. The third-order valence-corrected chi connectivity index (χ3v) is 5.29. The smallest absolute Gasteiger partial charge is 0.170 e. The monoisotopic (exact) mass is 417 g/mol. The van der Waals surface area contributed by atoms with Crippen molar-refractivity contribution in [2.75, 3.05) is 23.7 Å². The van der Waals surface area contributed by atoms with Crippen LogP contribution < -0.4 is 16.0 Å². The Morgan fingerprint density at radius 2 is 1.77 bits per heavy atom. The number of nitriles is 1. The fourth-order valence-electron chi connectivity index (χ4n) is 3.42. The Morgan fingerprint density at radius 1 is 1.03 bits per heavy atom. The van der Waals surface area contributed by atoms with E-state index in [4.69, 9.17) is 17.2 Å². The summed E-state index contributed by atoms with van der Waals surface area (Å²) in [5.41, 5.74) is 7.23. The van der Waals surface area contributed by atoms with E-state index in [0.29, 0.717) is 23.0 Å². The zero-order valence-corrected chi connectivity index (χ0v) is 18.7. The van der Waals surface area contributed by atoms with Crippen molar-refractivity contribution in [1.29, 1.82) is 5.26 Å². The average Bonchev–Trinajstić information content (AvgIpc) is 2.69. The normalized spacial score (nSPS) is 10.5. The number of fused-ring (bicyclic) bond motifs is 1. The van der Waals surface area contributed by atoms with Crippen LogP contribution in [0.1, 0.15) is 34.2 Å². The quantitative estimate of drug-likeness (QED) is 0.381. The highest BCUT2D eigenvalue weighted by atomic mass is 32.1. The van der Waals surface area contributed by atoms with Crippen molar-refractivity contribution in [3.05, 3.63) is 64.2 Å². The summed E-state index contributed by atoms with van der Waals surface area (Å²) < 4.78 is 0. The number of pyridine rings is 1. The topological polar surface area (TPSA) is 72.8 Å². The van der Waals surface area contributed by atoms with Crippen LogP contribution >= 0.6 is 12.2 Å². The molecule has 0 aliphatic carbocycles. The Balaban J connectivity index is 1.54. The molecule has 6 heteroatoms. The van der Waals surface area contributed by atoms with E-state index in [-0.39, 0.29) is 0 Å². The van der Waals surface area contributed by atoms with Crippen LogP contribution in [0.3, 0.4) is 0 Å². The van der Waals surface area contributed by atoms with Crippen LogP contribution in [0.25, 0.3) is 10.9 Å². The number of benzene rings is 2. The molecule has 0 saturated carbocycles. The number of hydrogen-bond donors (Lipinski definition) is 3. The van der Waals surface area contributed by atoms with E-state index in [1.54, 1.807) is 0 Å². The van der Waals surface area contributed by atoms with Crippen LogP contribution in [0.15, 0.2) is 36.4 Å². The Bertz CT molecular complexity index is 1110. The molecule has 0 aliphatic rings. The zero-order valence-electron chi connectivity index (χ0n) is 17.9. The van der Waals surface area contributed by atoms with Crippen molar-refractivity contribution >= 4 is 39.7 Å². The summed E-state index contributed by atoms with van der Waals surface area (Å²) in [7, 11) is 0. The van der Waals surface area contributed by atoms with E-state index in [1.807, 2.05) is 12.1 Å². The van der Waals surface area contributed by atoms with Crippen molar-refractivity contribution in [2.45, 2.75) is 34.1 Å². The van der Waals surface area contributed by atoms with E-state index in [9.17, 15) is 5.26 Å². The second-order valence-corrected chi connectivity index (χ2v) is 8.02. The van der Waals surface area contributed by atoms with Gasteiger partial charge in [-0.05, 0) is 86.8 Å². The van der Waals surface area contributed by atoms with E-state index >= 15 is 0 Å². The van der Waals surface area contributed by atoms with E-state index in [2.05, 4.69) is 74.0 Å². The standard InChI is InChI=1S/C24H27N5S/c1-15-10-16(2)12-21(11-15)28-24(30)27-9-5-8-26-23-20(14-25)13-19-7-6-17(3)18(4)22(19)29-23/h6-7,10-13H,5,8-9H2,1-4H3,(H,26,29)(H2,27,28,30). The summed E-state index contributed by atoms with van der Waals surface area (Å²) in [5.74, 6) is 0.634. The van der Waals surface area contributed by atoms with Crippen LogP contribution in [0.2, 0.25) is 0 Å². The van der Waals surface area contributed by atoms with Gasteiger partial charge in [-0.3, -0.25) is 0 Å². The van der Waals surface area contributed by atoms with Gasteiger partial charge in [-0.2, -0.15) is 5.26 Å². The van der Waals surface area contributed by atoms with Crippen molar-refractivity contribution in [3.63, 3.8) is 0 Å². The first-order valence-corrected chi connectivity index (χ1v) is 10.5. The Morgan fingerprint density at radius 3 is 2.47 bits per heavy atom. The van der Waals surface area contributed by atoms with Gasteiger partial charge < -0.3 is 16.0 Å². The summed E-state index contributed by atoms with van der Waals surface area (Å²) in [6.45, 7) is 9.68. The number of hydrogen-bond acceptors (Lipinski definition) is 4. The first-order chi connectivity index (χ1) is 14.4. The lowest BCUT2D eigenvalue weighted by Crippen LogP contribution is -2.30. The van der Waals surface area contributed by atoms with Crippen molar-refractivity contribution in [2.24, 2.45) is 0 Å². The van der Waals surface area contributed by atoms with Crippen LogP contribution in [-0.4, -0.2) is 23.2 Å². The van der Waals surface area contributed by atoms with Crippen molar-refractivity contribution < 1.29 is 0 Å². The predicted octanol–water partition coefficient (Wildman–Crippen LogP) is 5.13. The van der Waals surface area contributed by atoms with E-state index in [1.165, 1.54) is 16.7 Å². The number of aryl methyl sites for hydroxylation is 4. The Labute approximate surface area is 183 Å².